The summed E-state index contributed by atoms with van der Waals surface area (Å²) in [4.78, 5) is 0. The van der Waals surface area contributed by atoms with Crippen LogP contribution in [-0.4, -0.2) is 0 Å². The first-order valence-electron chi connectivity index (χ1n) is 4.18. The second-order valence-corrected chi connectivity index (χ2v) is 4.21. The molecule has 0 spiro atoms. The van der Waals surface area contributed by atoms with Gasteiger partial charge in [0.2, 0.25) is 0 Å². The van der Waals surface area contributed by atoms with Gasteiger partial charge in [-0.15, -0.1) is 0 Å². The average molecular weight is 243 g/mol. The zero-order chi connectivity index (χ0) is 9.84. The molecule has 0 radical (unpaired) electrons. The maximum atomic E-state index is 12.8. The first kappa shape index (κ1) is 10.5. The first-order valence-corrected chi connectivity index (χ1v) is 4.97. The predicted molar refractivity (Wildman–Crippen MR) is 57.5 cm³/mol. The van der Waals surface area contributed by atoms with Crippen molar-refractivity contribution in [3.63, 3.8) is 0 Å². The monoisotopic (exact) mass is 242 g/mol. The van der Waals surface area contributed by atoms with Crippen molar-refractivity contribution in [1.29, 1.82) is 0 Å². The predicted octanol–water partition coefficient (Wildman–Crippen LogP) is 3.98. The van der Waals surface area contributed by atoms with Crippen LogP contribution in [0.3, 0.4) is 0 Å². The van der Waals surface area contributed by atoms with Crippen molar-refractivity contribution in [1.82, 2.24) is 0 Å². The molecule has 0 aliphatic heterocycles. The van der Waals surface area contributed by atoms with Crippen LogP contribution in [0.4, 0.5) is 4.39 Å². The van der Waals surface area contributed by atoms with Gasteiger partial charge < -0.3 is 0 Å². The van der Waals surface area contributed by atoms with E-state index >= 15 is 0 Å². The van der Waals surface area contributed by atoms with E-state index in [-0.39, 0.29) is 5.82 Å². The molecule has 13 heavy (non-hydrogen) atoms. The molecule has 0 atom stereocenters. The topological polar surface area (TPSA) is 0 Å². The van der Waals surface area contributed by atoms with Gasteiger partial charge >= 0.3 is 0 Å². The van der Waals surface area contributed by atoms with Crippen LogP contribution in [0.2, 0.25) is 0 Å². The summed E-state index contributed by atoms with van der Waals surface area (Å²) in [5, 5.41) is 0. The quantitative estimate of drug-likeness (QED) is 0.753. The molecule has 0 aromatic heterocycles. The fourth-order valence-corrected chi connectivity index (χ4v) is 1.38. The van der Waals surface area contributed by atoms with Crippen LogP contribution in [-0.2, 0) is 6.42 Å². The third-order valence-electron chi connectivity index (χ3n) is 1.98. The van der Waals surface area contributed by atoms with Crippen molar-refractivity contribution < 1.29 is 4.39 Å². The van der Waals surface area contributed by atoms with Gasteiger partial charge in [-0.1, -0.05) is 28.6 Å². The summed E-state index contributed by atoms with van der Waals surface area (Å²) in [6.07, 6.45) is 1.69. The third-order valence-corrected chi connectivity index (χ3v) is 2.37. The Morgan fingerprint density at radius 1 is 1.54 bits per heavy atom. The maximum Gasteiger partial charge on any atom is 0.123 e. The first-order chi connectivity index (χ1) is 6.09. The highest BCUT2D eigenvalue weighted by atomic mass is 79.9. The van der Waals surface area contributed by atoms with Gasteiger partial charge in [-0.3, -0.25) is 0 Å². The zero-order valence-corrected chi connectivity index (χ0v) is 9.20. The smallest absolute Gasteiger partial charge is 0.123 e. The van der Waals surface area contributed by atoms with E-state index in [4.69, 9.17) is 0 Å². The highest BCUT2D eigenvalue weighted by Gasteiger charge is 2.00. The summed E-state index contributed by atoms with van der Waals surface area (Å²) < 4.78 is 13.8. The van der Waals surface area contributed by atoms with Crippen LogP contribution in [0, 0.1) is 12.7 Å². The van der Waals surface area contributed by atoms with Crippen LogP contribution >= 0.6 is 15.9 Å². The van der Waals surface area contributed by atoms with E-state index in [1.807, 2.05) is 13.0 Å². The summed E-state index contributed by atoms with van der Waals surface area (Å²) in [6, 6.07) is 4.88. The van der Waals surface area contributed by atoms with Gasteiger partial charge in [0, 0.05) is 0 Å². The van der Waals surface area contributed by atoms with Gasteiger partial charge in [0.25, 0.3) is 0 Å². The van der Waals surface area contributed by atoms with Gasteiger partial charge in [0.1, 0.15) is 5.82 Å². The van der Waals surface area contributed by atoms with Crippen molar-refractivity contribution in [2.45, 2.75) is 19.8 Å². The van der Waals surface area contributed by atoms with Gasteiger partial charge in [-0.25, -0.2) is 4.39 Å². The standard InChI is InChI=1S/C11H12BrF/c1-8-3-6-11(13)7-10(8)5-4-9(2)12/h3,6-7H,2,4-5H2,1H3. The van der Waals surface area contributed by atoms with E-state index < -0.39 is 0 Å². The molecule has 1 rings (SSSR count). The summed E-state index contributed by atoms with van der Waals surface area (Å²) in [5.74, 6) is -0.166. The maximum absolute atomic E-state index is 12.8. The SMILES string of the molecule is C=C(Br)CCc1cc(F)ccc1C. The Hall–Kier alpha value is -0.630. The molecule has 0 saturated carbocycles. The van der Waals surface area contributed by atoms with Crippen molar-refractivity contribution in [3.8, 4) is 0 Å². The van der Waals surface area contributed by atoms with Crippen LogP contribution in [0.25, 0.3) is 0 Å². The largest absolute Gasteiger partial charge is 0.207 e. The minimum Gasteiger partial charge on any atom is -0.207 e. The van der Waals surface area contributed by atoms with E-state index in [9.17, 15) is 4.39 Å². The summed E-state index contributed by atoms with van der Waals surface area (Å²) in [6.45, 7) is 5.74. The lowest BCUT2D eigenvalue weighted by atomic mass is 10.0. The minimum atomic E-state index is -0.166. The molecule has 1 aromatic carbocycles. The lowest BCUT2D eigenvalue weighted by molar-refractivity contribution is 0.624. The van der Waals surface area contributed by atoms with Gasteiger partial charge in [0.05, 0.1) is 0 Å². The molecule has 0 bridgehead atoms. The molecule has 0 saturated heterocycles. The van der Waals surface area contributed by atoms with Gasteiger partial charge in [0.15, 0.2) is 0 Å². The molecule has 0 amide bonds. The number of benzene rings is 1. The van der Waals surface area contributed by atoms with Crippen LogP contribution in [0.15, 0.2) is 29.3 Å². The van der Waals surface area contributed by atoms with Crippen molar-refractivity contribution in [2.75, 3.05) is 0 Å². The van der Waals surface area contributed by atoms with Gasteiger partial charge in [-0.05, 0) is 47.5 Å². The van der Waals surface area contributed by atoms with E-state index in [0.717, 1.165) is 28.5 Å². The Kier molecular flexibility index (Phi) is 3.67. The molecule has 0 nitrogen and oxygen atoms in total. The molecule has 0 aliphatic carbocycles. The van der Waals surface area contributed by atoms with Crippen molar-refractivity contribution in [3.05, 3.63) is 46.2 Å². The Morgan fingerprint density at radius 2 is 2.23 bits per heavy atom. The molecule has 0 N–H and O–H groups in total. The number of halogens is 2. The Balaban J connectivity index is 2.75. The Labute approximate surface area is 86.6 Å². The van der Waals surface area contributed by atoms with E-state index in [1.165, 1.54) is 6.07 Å². The van der Waals surface area contributed by atoms with Crippen molar-refractivity contribution >= 4 is 15.9 Å². The normalized spacial score (nSPS) is 10.1. The highest BCUT2D eigenvalue weighted by molar-refractivity contribution is 9.11. The highest BCUT2D eigenvalue weighted by Crippen LogP contribution is 2.16. The molecule has 0 fully saturated rings. The number of allylic oxidation sites excluding steroid dienone is 1. The fourth-order valence-electron chi connectivity index (χ4n) is 1.18. The van der Waals surface area contributed by atoms with Crippen molar-refractivity contribution in [2.24, 2.45) is 0 Å². The van der Waals surface area contributed by atoms with E-state index in [0.29, 0.717) is 0 Å². The molecular weight excluding hydrogens is 231 g/mol. The summed E-state index contributed by atoms with van der Waals surface area (Å²) in [7, 11) is 0. The number of rotatable bonds is 3. The molecule has 2 heteroatoms. The third kappa shape index (κ3) is 3.31. The Bertz CT molecular complexity index is 318. The van der Waals surface area contributed by atoms with E-state index in [2.05, 4.69) is 22.5 Å². The second kappa shape index (κ2) is 4.56. The number of hydrogen-bond donors (Lipinski definition) is 0. The summed E-state index contributed by atoms with van der Waals surface area (Å²) in [5.41, 5.74) is 2.19. The molecular formula is C11H12BrF. The van der Waals surface area contributed by atoms with Crippen LogP contribution in [0.5, 0.6) is 0 Å². The lowest BCUT2D eigenvalue weighted by Gasteiger charge is -2.04. The molecule has 1 aromatic rings. The van der Waals surface area contributed by atoms with Crippen LogP contribution in [0.1, 0.15) is 17.5 Å². The molecule has 0 aliphatic rings. The molecule has 70 valence electrons. The summed E-state index contributed by atoms with van der Waals surface area (Å²) >= 11 is 3.29. The lowest BCUT2D eigenvalue weighted by Crippen LogP contribution is -1.90. The second-order valence-electron chi connectivity index (χ2n) is 3.09. The van der Waals surface area contributed by atoms with E-state index in [1.54, 1.807) is 6.07 Å². The average Bonchev–Trinajstić information content (AvgIpc) is 2.06. The fraction of sp³-hybridized carbons (Fsp3) is 0.273. The molecule has 0 unspecified atom stereocenters. The van der Waals surface area contributed by atoms with Crippen LogP contribution < -0.4 is 0 Å². The zero-order valence-electron chi connectivity index (χ0n) is 7.61. The molecule has 0 heterocycles. The van der Waals surface area contributed by atoms with Gasteiger partial charge in [-0.2, -0.15) is 0 Å². The number of hydrogen-bond acceptors (Lipinski definition) is 0. The Morgan fingerprint density at radius 3 is 2.85 bits per heavy atom. The number of aryl methyl sites for hydroxylation is 2. The minimum absolute atomic E-state index is 0.166.